The third-order valence-corrected chi connectivity index (χ3v) is 2.85. The highest BCUT2D eigenvalue weighted by Gasteiger charge is 2.31. The zero-order valence-corrected chi connectivity index (χ0v) is 11.2. The van der Waals surface area contributed by atoms with Gasteiger partial charge in [0.15, 0.2) is 0 Å². The number of hydrogen-bond donors (Lipinski definition) is 1. The number of rotatable bonds is 4. The molecule has 0 fully saturated rings. The zero-order valence-electron chi connectivity index (χ0n) is 11.2. The van der Waals surface area contributed by atoms with Gasteiger partial charge in [-0.15, -0.1) is 0 Å². The van der Waals surface area contributed by atoms with E-state index in [9.17, 15) is 17.6 Å². The lowest BCUT2D eigenvalue weighted by molar-refractivity contribution is -0.137. The second-order valence-electron chi connectivity index (χ2n) is 4.43. The van der Waals surface area contributed by atoms with Crippen LogP contribution in [-0.4, -0.2) is 7.11 Å². The van der Waals surface area contributed by atoms with Crippen LogP contribution < -0.4 is 10.1 Å². The SMILES string of the molecule is COc1cccc(NCc2cc(F)cc(C(F)(F)F)c2)c1. The third kappa shape index (κ3) is 4.11. The van der Waals surface area contributed by atoms with Crippen LogP contribution in [0.2, 0.25) is 0 Å². The molecule has 21 heavy (non-hydrogen) atoms. The quantitative estimate of drug-likeness (QED) is 0.841. The first-order valence-corrected chi connectivity index (χ1v) is 6.13. The summed E-state index contributed by atoms with van der Waals surface area (Å²) in [5.74, 6) is -0.289. The standard InChI is InChI=1S/C15H13F4NO/c1-21-14-4-2-3-13(8-14)20-9-10-5-11(15(17,18)19)7-12(16)6-10/h2-8,20H,9H2,1H3. The minimum atomic E-state index is -4.56. The van der Waals surface area contributed by atoms with Gasteiger partial charge in [-0.3, -0.25) is 0 Å². The molecule has 0 saturated heterocycles. The number of alkyl halides is 3. The van der Waals surface area contributed by atoms with Crippen molar-refractivity contribution in [3.8, 4) is 5.75 Å². The number of halogens is 4. The summed E-state index contributed by atoms with van der Waals surface area (Å²) in [7, 11) is 1.52. The summed E-state index contributed by atoms with van der Waals surface area (Å²) in [4.78, 5) is 0. The molecule has 0 aliphatic rings. The van der Waals surface area contributed by atoms with Gasteiger partial charge < -0.3 is 10.1 Å². The van der Waals surface area contributed by atoms with Crippen LogP contribution >= 0.6 is 0 Å². The second kappa shape index (κ2) is 6.03. The topological polar surface area (TPSA) is 21.3 Å². The van der Waals surface area contributed by atoms with E-state index < -0.39 is 17.6 Å². The van der Waals surface area contributed by atoms with Crippen molar-refractivity contribution in [2.75, 3.05) is 12.4 Å². The summed E-state index contributed by atoms with van der Waals surface area (Å²) in [6.07, 6.45) is -4.56. The summed E-state index contributed by atoms with van der Waals surface area (Å²) in [5.41, 5.74) is -0.109. The van der Waals surface area contributed by atoms with E-state index in [0.717, 1.165) is 12.1 Å². The Hall–Kier alpha value is -2.24. The van der Waals surface area contributed by atoms with Crippen molar-refractivity contribution in [3.63, 3.8) is 0 Å². The predicted octanol–water partition coefficient (Wildman–Crippen LogP) is 4.47. The summed E-state index contributed by atoms with van der Waals surface area (Å²) >= 11 is 0. The molecule has 0 amide bonds. The maximum absolute atomic E-state index is 13.3. The molecule has 112 valence electrons. The van der Waals surface area contributed by atoms with E-state index in [2.05, 4.69) is 5.32 Å². The van der Waals surface area contributed by atoms with E-state index >= 15 is 0 Å². The van der Waals surface area contributed by atoms with Gasteiger partial charge in [-0.1, -0.05) is 6.07 Å². The van der Waals surface area contributed by atoms with Crippen molar-refractivity contribution in [3.05, 3.63) is 59.4 Å². The molecular formula is C15H13F4NO. The Labute approximate surface area is 119 Å². The molecule has 1 N–H and O–H groups in total. The summed E-state index contributed by atoms with van der Waals surface area (Å²) in [6, 6.07) is 9.41. The molecular weight excluding hydrogens is 286 g/mol. The Morgan fingerprint density at radius 1 is 1.10 bits per heavy atom. The molecule has 0 aliphatic carbocycles. The fraction of sp³-hybridized carbons (Fsp3) is 0.200. The van der Waals surface area contributed by atoms with E-state index in [4.69, 9.17) is 4.74 Å². The highest BCUT2D eigenvalue weighted by Crippen LogP contribution is 2.30. The fourth-order valence-electron chi connectivity index (χ4n) is 1.85. The molecule has 6 heteroatoms. The van der Waals surface area contributed by atoms with Gasteiger partial charge in [-0.2, -0.15) is 13.2 Å². The Kier molecular flexibility index (Phi) is 4.35. The van der Waals surface area contributed by atoms with Gasteiger partial charge in [0, 0.05) is 18.3 Å². The molecule has 2 nitrogen and oxygen atoms in total. The van der Waals surface area contributed by atoms with Crippen LogP contribution in [0.1, 0.15) is 11.1 Å². The summed E-state index contributed by atoms with van der Waals surface area (Å²) < 4.78 is 56.1. The van der Waals surface area contributed by atoms with Crippen LogP contribution in [0.3, 0.4) is 0 Å². The Morgan fingerprint density at radius 2 is 1.86 bits per heavy atom. The Morgan fingerprint density at radius 3 is 2.52 bits per heavy atom. The minimum Gasteiger partial charge on any atom is -0.497 e. The number of hydrogen-bond acceptors (Lipinski definition) is 2. The molecule has 0 bridgehead atoms. The average molecular weight is 299 g/mol. The number of methoxy groups -OCH3 is 1. The molecule has 0 spiro atoms. The molecule has 0 radical (unpaired) electrons. The zero-order chi connectivity index (χ0) is 15.5. The van der Waals surface area contributed by atoms with E-state index in [-0.39, 0.29) is 12.1 Å². The van der Waals surface area contributed by atoms with Crippen LogP contribution in [-0.2, 0) is 12.7 Å². The van der Waals surface area contributed by atoms with Crippen molar-refractivity contribution >= 4 is 5.69 Å². The van der Waals surface area contributed by atoms with Crippen molar-refractivity contribution in [2.45, 2.75) is 12.7 Å². The molecule has 2 aromatic rings. The van der Waals surface area contributed by atoms with Gasteiger partial charge in [0.1, 0.15) is 11.6 Å². The van der Waals surface area contributed by atoms with Crippen LogP contribution in [0.25, 0.3) is 0 Å². The first kappa shape index (κ1) is 15.2. The van der Waals surface area contributed by atoms with E-state index in [1.165, 1.54) is 7.11 Å². The summed E-state index contributed by atoms with van der Waals surface area (Å²) in [5, 5.41) is 2.93. The Bertz CT molecular complexity index is 625. The minimum absolute atomic E-state index is 0.0774. The van der Waals surface area contributed by atoms with Crippen molar-refractivity contribution in [1.82, 2.24) is 0 Å². The highest BCUT2D eigenvalue weighted by molar-refractivity contribution is 5.48. The lowest BCUT2D eigenvalue weighted by Gasteiger charge is -2.11. The van der Waals surface area contributed by atoms with Gasteiger partial charge >= 0.3 is 6.18 Å². The first-order valence-electron chi connectivity index (χ1n) is 6.13. The second-order valence-corrected chi connectivity index (χ2v) is 4.43. The highest BCUT2D eigenvalue weighted by atomic mass is 19.4. The normalized spacial score (nSPS) is 11.3. The van der Waals surface area contributed by atoms with E-state index in [1.54, 1.807) is 24.3 Å². The van der Waals surface area contributed by atoms with Gasteiger partial charge in [-0.25, -0.2) is 4.39 Å². The third-order valence-electron chi connectivity index (χ3n) is 2.85. The largest absolute Gasteiger partial charge is 0.497 e. The van der Waals surface area contributed by atoms with Gasteiger partial charge in [-0.05, 0) is 35.9 Å². The maximum atomic E-state index is 13.3. The smallest absolute Gasteiger partial charge is 0.416 e. The van der Waals surface area contributed by atoms with Crippen LogP contribution in [0.4, 0.5) is 23.2 Å². The van der Waals surface area contributed by atoms with Crippen molar-refractivity contribution < 1.29 is 22.3 Å². The molecule has 0 aromatic heterocycles. The number of anilines is 1. The number of benzene rings is 2. The van der Waals surface area contributed by atoms with Crippen LogP contribution in [0.5, 0.6) is 5.75 Å². The van der Waals surface area contributed by atoms with Gasteiger partial charge in [0.2, 0.25) is 0 Å². The first-order chi connectivity index (χ1) is 9.88. The molecule has 0 heterocycles. The predicted molar refractivity (Wildman–Crippen MR) is 71.7 cm³/mol. The lowest BCUT2D eigenvalue weighted by Crippen LogP contribution is -2.08. The van der Waals surface area contributed by atoms with Crippen LogP contribution in [0, 0.1) is 5.82 Å². The molecule has 0 saturated carbocycles. The van der Waals surface area contributed by atoms with Crippen molar-refractivity contribution in [2.24, 2.45) is 0 Å². The average Bonchev–Trinajstić information content (AvgIpc) is 2.44. The van der Waals surface area contributed by atoms with Gasteiger partial charge in [0.25, 0.3) is 0 Å². The number of ether oxygens (including phenoxy) is 1. The van der Waals surface area contributed by atoms with E-state index in [0.29, 0.717) is 17.5 Å². The molecule has 2 aromatic carbocycles. The van der Waals surface area contributed by atoms with Gasteiger partial charge in [0.05, 0.1) is 12.7 Å². The number of nitrogens with one attached hydrogen (secondary N) is 1. The maximum Gasteiger partial charge on any atom is 0.416 e. The molecule has 0 atom stereocenters. The van der Waals surface area contributed by atoms with Crippen molar-refractivity contribution in [1.29, 1.82) is 0 Å². The molecule has 0 aliphatic heterocycles. The monoisotopic (exact) mass is 299 g/mol. The van der Waals surface area contributed by atoms with E-state index in [1.807, 2.05) is 0 Å². The lowest BCUT2D eigenvalue weighted by atomic mass is 10.1. The molecule has 0 unspecified atom stereocenters. The fourth-order valence-corrected chi connectivity index (χ4v) is 1.85. The Balaban J connectivity index is 2.14. The molecule has 2 rings (SSSR count). The summed E-state index contributed by atoms with van der Waals surface area (Å²) in [6.45, 7) is 0.0774. The van der Waals surface area contributed by atoms with Crippen LogP contribution in [0.15, 0.2) is 42.5 Å².